The number of thiophene rings is 2. The van der Waals surface area contributed by atoms with Gasteiger partial charge in [-0.05, 0) is 76.4 Å². The van der Waals surface area contributed by atoms with Crippen molar-refractivity contribution in [3.8, 4) is 22.3 Å². The van der Waals surface area contributed by atoms with E-state index in [0.717, 1.165) is 5.69 Å². The quantitative estimate of drug-likeness (QED) is 0.127. The van der Waals surface area contributed by atoms with Crippen molar-refractivity contribution >= 4 is 185 Å². The first kappa shape index (κ1) is 37.1. The largest absolute Gasteiger partial charge is 0.375 e. The number of para-hydroxylation sites is 5. The fourth-order valence-electron chi connectivity index (χ4n) is 13.8. The molecule has 0 N–H and O–H groups in total. The third-order valence-electron chi connectivity index (χ3n) is 16.3. The van der Waals surface area contributed by atoms with Crippen molar-refractivity contribution in [3.63, 3.8) is 0 Å². The Morgan fingerprint density at radius 3 is 1.47 bits per heavy atom. The summed E-state index contributed by atoms with van der Waals surface area (Å²) < 4.78 is 10.8. The maximum Gasteiger partial charge on any atom is 0.333 e. The molecule has 0 unspecified atom stereocenters. The van der Waals surface area contributed by atoms with E-state index >= 15 is 0 Å². The van der Waals surface area contributed by atoms with Crippen LogP contribution in [0.3, 0.4) is 0 Å². The number of hydrogen-bond donors (Lipinski definition) is 0. The van der Waals surface area contributed by atoms with Crippen LogP contribution in [0.2, 0.25) is 0 Å². The van der Waals surface area contributed by atoms with Crippen molar-refractivity contribution in [3.05, 3.63) is 188 Å². The second-order valence-electron chi connectivity index (χ2n) is 19.4. The van der Waals surface area contributed by atoms with Crippen molar-refractivity contribution in [2.24, 2.45) is 0 Å². The summed E-state index contributed by atoms with van der Waals surface area (Å²) >= 11 is 3.89. The van der Waals surface area contributed by atoms with Crippen molar-refractivity contribution < 1.29 is 0 Å². The maximum atomic E-state index is 4.11. The lowest BCUT2D eigenvalue weighted by molar-refractivity contribution is 1.25. The first-order valence-electron chi connectivity index (χ1n) is 24.1. The highest BCUT2D eigenvalue weighted by atomic mass is 32.1. The highest BCUT2D eigenvalue weighted by Gasteiger charge is 2.48. The molecule has 4 aromatic heterocycles. The summed E-state index contributed by atoms with van der Waals surface area (Å²) in [7, 11) is 4.11. The van der Waals surface area contributed by atoms with Crippen molar-refractivity contribution in [2.75, 3.05) is 9.80 Å². The molecule has 0 saturated carbocycles. The zero-order chi connectivity index (χ0) is 45.2. The monoisotopic (exact) mass is 938 g/mol. The summed E-state index contributed by atoms with van der Waals surface area (Å²) in [6.07, 6.45) is 0. The topological polar surface area (TPSA) is 16.3 Å². The third-order valence-corrected chi connectivity index (χ3v) is 19.0. The summed E-state index contributed by atoms with van der Waals surface area (Å²) in [5, 5.41) is 10.4. The van der Waals surface area contributed by atoms with Gasteiger partial charge in [0.25, 0.3) is 0 Å². The van der Waals surface area contributed by atoms with Gasteiger partial charge in [-0.15, -0.1) is 31.5 Å². The number of anilines is 5. The maximum absolute atomic E-state index is 4.11. The molecule has 0 bridgehead atoms. The Morgan fingerprint density at radius 1 is 0.400 bits per heavy atom. The lowest BCUT2D eigenvalue weighted by Gasteiger charge is -2.44. The van der Waals surface area contributed by atoms with E-state index < -0.39 is 0 Å². The molecule has 320 valence electrons. The molecule has 0 saturated heterocycles. The Bertz CT molecular complexity index is 4790. The molecule has 0 fully saturated rings. The summed E-state index contributed by atoms with van der Waals surface area (Å²) in [5.41, 5.74) is 21.8. The third kappa shape index (κ3) is 4.26. The molecule has 0 radical (unpaired) electrons. The number of benzene rings is 10. The second-order valence-corrected chi connectivity index (χ2v) is 21.8. The van der Waals surface area contributed by atoms with Gasteiger partial charge in [0.05, 0.1) is 0 Å². The van der Waals surface area contributed by atoms with Crippen molar-refractivity contribution in [1.29, 1.82) is 0 Å². The fourth-order valence-corrected chi connectivity index (χ4v) is 16.6. The Morgan fingerprint density at radius 2 is 0.886 bits per heavy atom. The molecule has 0 amide bonds. The average molecular weight is 939 g/mol. The van der Waals surface area contributed by atoms with Gasteiger partial charge in [-0.1, -0.05) is 133 Å². The molecule has 0 atom stereocenters. The number of rotatable bonds is 2. The van der Waals surface area contributed by atoms with E-state index in [4.69, 9.17) is 0 Å². The molecule has 4 nitrogen and oxygen atoms in total. The molecule has 4 aliphatic rings. The van der Waals surface area contributed by atoms with Gasteiger partial charge in [-0.3, -0.25) is 0 Å². The summed E-state index contributed by atoms with van der Waals surface area (Å²) in [6, 6.07) is 71.5. The van der Waals surface area contributed by atoms with Crippen LogP contribution in [-0.4, -0.2) is 28.6 Å². The second kappa shape index (κ2) is 12.9. The van der Waals surface area contributed by atoms with Crippen LogP contribution < -0.4 is 31.7 Å². The molecule has 70 heavy (non-hydrogen) atoms. The standard InChI is InChI=1S/C61H33B2N4PS2/c68-32-64-48-31-49-45(30-44(48)62-56-50(64)28-42-36-18-6-10-26-52(36)69-60(42)54(56)40-22-12-20-38-34-16-4-8-24-46(34)66(62)58(38)40)63-57-51(65(49)33-14-2-1-3-15-33)29-43-37-19-7-11-27-53(37)70-61(43)55(57)41-23-13-21-39-35-17-5-9-25-47(35)67(63)59(39)41/h1-32,68H. The van der Waals surface area contributed by atoms with E-state index in [2.05, 4.69) is 222 Å². The average Bonchev–Trinajstić information content (AvgIpc) is 4.17. The molecule has 14 aromatic rings. The first-order valence-corrected chi connectivity index (χ1v) is 26.3. The SMILES string of the molecule is P=CN1c2cc3c(cc2B2c4c1cc1c(sc5ccccc51)c4-c1cccc4c5ccccc5n2c14)B1c2c(cc4c(sc5ccccc54)c2-c2cccc4c5ccccc5n1c24)N3c1ccccc1. The predicted octanol–water partition coefficient (Wildman–Crippen LogP) is 14.0. The van der Waals surface area contributed by atoms with Crippen LogP contribution in [-0.2, 0) is 0 Å². The van der Waals surface area contributed by atoms with E-state index in [1.807, 2.05) is 22.7 Å². The van der Waals surface area contributed by atoms with Crippen molar-refractivity contribution in [1.82, 2.24) is 8.96 Å². The molecule has 9 heteroatoms. The van der Waals surface area contributed by atoms with Crippen LogP contribution in [0.4, 0.5) is 28.4 Å². The normalized spacial score (nSPS) is 13.9. The molecular formula is C61H33B2N4PS2. The summed E-state index contributed by atoms with van der Waals surface area (Å²) in [6.45, 7) is -0.213. The lowest BCUT2D eigenvalue weighted by Crippen LogP contribution is -2.61. The zero-order valence-electron chi connectivity index (χ0n) is 37.2. The Balaban J connectivity index is 1.04. The minimum Gasteiger partial charge on any atom is -0.375 e. The van der Waals surface area contributed by atoms with E-state index in [-0.39, 0.29) is 13.7 Å². The molecule has 10 aromatic carbocycles. The number of hydrogen-bond acceptors (Lipinski definition) is 3. The van der Waals surface area contributed by atoms with Gasteiger partial charge in [0.2, 0.25) is 0 Å². The highest BCUT2D eigenvalue weighted by molar-refractivity contribution is 7.27. The highest BCUT2D eigenvalue weighted by Crippen LogP contribution is 2.53. The van der Waals surface area contributed by atoms with Gasteiger partial charge in [-0.2, -0.15) is 0 Å². The van der Waals surface area contributed by atoms with Crippen LogP contribution in [0.25, 0.3) is 106 Å². The van der Waals surface area contributed by atoms with Gasteiger partial charge in [0, 0.05) is 141 Å². The fraction of sp³-hybridized carbons (Fsp3) is 0. The minimum atomic E-state index is -0.110. The van der Waals surface area contributed by atoms with E-state index in [1.165, 1.54) is 151 Å². The van der Waals surface area contributed by atoms with Crippen LogP contribution >= 0.6 is 31.5 Å². The van der Waals surface area contributed by atoms with Crippen LogP contribution in [0.5, 0.6) is 0 Å². The van der Waals surface area contributed by atoms with Gasteiger partial charge >= 0.3 is 13.7 Å². The molecule has 0 aliphatic carbocycles. The van der Waals surface area contributed by atoms with E-state index in [1.54, 1.807) is 0 Å². The Labute approximate surface area is 411 Å². The molecule has 8 heterocycles. The Kier molecular flexibility index (Phi) is 6.81. The summed E-state index contributed by atoms with van der Waals surface area (Å²) in [4.78, 5) is 5.04. The Hall–Kier alpha value is -7.86. The van der Waals surface area contributed by atoms with Crippen LogP contribution in [0, 0.1) is 0 Å². The molecular weight excluding hydrogens is 905 g/mol. The number of fused-ring (bicyclic) bond motifs is 22. The van der Waals surface area contributed by atoms with Gasteiger partial charge in [0.1, 0.15) is 0 Å². The van der Waals surface area contributed by atoms with E-state index in [0.29, 0.717) is 0 Å². The smallest absolute Gasteiger partial charge is 0.333 e. The minimum absolute atomic E-state index is 0.103. The molecule has 0 spiro atoms. The molecule has 18 rings (SSSR count). The van der Waals surface area contributed by atoms with Crippen LogP contribution in [0.1, 0.15) is 0 Å². The van der Waals surface area contributed by atoms with Gasteiger partial charge in [0.15, 0.2) is 0 Å². The number of nitrogens with zero attached hydrogens (tertiary/aromatic N) is 4. The van der Waals surface area contributed by atoms with Gasteiger partial charge in [-0.25, -0.2) is 0 Å². The first-order chi connectivity index (χ1) is 34.7. The lowest BCUT2D eigenvalue weighted by atomic mass is 9.41. The predicted molar refractivity (Wildman–Crippen MR) is 308 cm³/mol. The van der Waals surface area contributed by atoms with Crippen LogP contribution in [0.15, 0.2) is 188 Å². The van der Waals surface area contributed by atoms with Crippen molar-refractivity contribution in [2.45, 2.75) is 0 Å². The zero-order valence-corrected chi connectivity index (χ0v) is 39.9. The number of aromatic nitrogens is 2. The van der Waals surface area contributed by atoms with E-state index in [9.17, 15) is 0 Å². The van der Waals surface area contributed by atoms with Gasteiger partial charge < -0.3 is 18.8 Å². The summed E-state index contributed by atoms with van der Waals surface area (Å²) in [5.74, 6) is 2.13. The molecule has 4 aliphatic heterocycles.